The largest absolute Gasteiger partial charge is 0.491 e. The Morgan fingerprint density at radius 2 is 2.21 bits per heavy atom. The van der Waals surface area contributed by atoms with Gasteiger partial charge in [0, 0.05) is 31.9 Å². The summed E-state index contributed by atoms with van der Waals surface area (Å²) >= 11 is 0. The summed E-state index contributed by atoms with van der Waals surface area (Å²) in [6.45, 7) is 4.87. The Morgan fingerprint density at radius 3 is 3.00 bits per heavy atom. The monoisotopic (exact) mass is 454 g/mol. The molecule has 2 atom stereocenters. The van der Waals surface area contributed by atoms with E-state index in [1.807, 2.05) is 6.07 Å². The molecule has 2 aromatic rings. The van der Waals surface area contributed by atoms with Crippen LogP contribution >= 0.6 is 0 Å². The van der Waals surface area contributed by atoms with Crippen molar-refractivity contribution in [3.63, 3.8) is 0 Å². The molecule has 4 heterocycles. The van der Waals surface area contributed by atoms with Crippen LogP contribution in [0.5, 0.6) is 5.75 Å². The molecule has 11 nitrogen and oxygen atoms in total. The number of urea groups is 1. The third-order valence-electron chi connectivity index (χ3n) is 5.43. The summed E-state index contributed by atoms with van der Waals surface area (Å²) in [4.78, 5) is 38.1. The average Bonchev–Trinajstić information content (AvgIpc) is 3.25. The normalized spacial score (nSPS) is 17.2. The van der Waals surface area contributed by atoms with E-state index in [1.165, 1.54) is 12.3 Å². The molecule has 3 amide bonds. The van der Waals surface area contributed by atoms with Gasteiger partial charge in [0.2, 0.25) is 0 Å². The molecule has 0 saturated carbocycles. The third kappa shape index (κ3) is 4.89. The molecule has 11 heteroatoms. The quantitative estimate of drug-likeness (QED) is 0.429. The number of pyridine rings is 2. The topological polar surface area (TPSA) is 140 Å². The van der Waals surface area contributed by atoms with Crippen LogP contribution in [0.25, 0.3) is 0 Å². The Morgan fingerprint density at radius 1 is 1.36 bits per heavy atom. The van der Waals surface area contributed by atoms with E-state index < -0.39 is 18.7 Å². The number of aliphatic hydroxyl groups excluding tert-OH is 2. The van der Waals surface area contributed by atoms with E-state index >= 15 is 0 Å². The van der Waals surface area contributed by atoms with Crippen LogP contribution in [0, 0.1) is 0 Å². The lowest BCUT2D eigenvalue weighted by Gasteiger charge is -2.35. The molecule has 0 spiro atoms. The first-order chi connectivity index (χ1) is 16.0. The Kier molecular flexibility index (Phi) is 6.71. The first kappa shape index (κ1) is 22.5. The number of amides is 3. The van der Waals surface area contributed by atoms with E-state index in [4.69, 9.17) is 9.84 Å². The molecule has 2 aliphatic rings. The molecule has 33 heavy (non-hydrogen) atoms. The second-order valence-electron chi connectivity index (χ2n) is 7.75. The second kappa shape index (κ2) is 9.84. The number of aliphatic hydroxyl groups is 2. The van der Waals surface area contributed by atoms with Crippen molar-refractivity contribution in [2.45, 2.75) is 18.6 Å². The molecule has 1 saturated heterocycles. The van der Waals surface area contributed by atoms with E-state index in [9.17, 15) is 14.7 Å². The number of aromatic nitrogens is 2. The Hall–Kier alpha value is -3.70. The Labute approximate surface area is 190 Å². The molecule has 0 radical (unpaired) electrons. The molecule has 2 aromatic heterocycles. The number of fused-ring (bicyclic) bond motifs is 4. The summed E-state index contributed by atoms with van der Waals surface area (Å²) in [5.74, 6) is 0.726. The standard InChI is InChI=1S/C22H26N6O5/c1-2-7-24-21(31)17-3-4-18-20(25-17)28(14-6-9-27(18)11-14)22(32)26-19-10-16(5-8-23-19)33-13-15(30)12-29/h2-5,8,10,14-15,29-30H,1,6-7,9,11-13H2,(H,24,31)(H,23,26,32). The highest BCUT2D eigenvalue weighted by atomic mass is 16.5. The molecule has 2 unspecified atom stereocenters. The zero-order valence-electron chi connectivity index (χ0n) is 18.0. The van der Waals surface area contributed by atoms with E-state index in [0.29, 0.717) is 24.7 Å². The highest BCUT2D eigenvalue weighted by molar-refractivity contribution is 6.05. The molecule has 4 N–H and O–H groups in total. The van der Waals surface area contributed by atoms with Crippen LogP contribution in [-0.4, -0.2) is 77.1 Å². The molecule has 2 aliphatic heterocycles. The van der Waals surface area contributed by atoms with Crippen LogP contribution in [0.4, 0.5) is 22.1 Å². The summed E-state index contributed by atoms with van der Waals surface area (Å²) in [7, 11) is 0. The molecular weight excluding hydrogens is 428 g/mol. The summed E-state index contributed by atoms with van der Waals surface area (Å²) in [6, 6.07) is 6.07. The van der Waals surface area contributed by atoms with Gasteiger partial charge in [-0.3, -0.25) is 15.0 Å². The van der Waals surface area contributed by atoms with Gasteiger partial charge in [0.15, 0.2) is 5.82 Å². The number of nitrogens with one attached hydrogen (secondary N) is 2. The molecule has 4 rings (SSSR count). The fourth-order valence-corrected chi connectivity index (χ4v) is 3.84. The molecular formula is C22H26N6O5. The SMILES string of the molecule is C=CCNC(=O)c1ccc2c(n1)N(C(=O)Nc1cc(OCC(O)CO)ccn1)C1CCN2C1. The van der Waals surface area contributed by atoms with Crippen molar-refractivity contribution in [2.75, 3.05) is 48.0 Å². The zero-order valence-corrected chi connectivity index (χ0v) is 18.0. The Bertz CT molecular complexity index is 1050. The van der Waals surface area contributed by atoms with Crippen molar-refractivity contribution >= 4 is 29.3 Å². The van der Waals surface area contributed by atoms with Crippen molar-refractivity contribution < 1.29 is 24.5 Å². The Balaban J connectivity index is 1.55. The number of nitrogens with zero attached hydrogens (tertiary/aromatic N) is 4. The van der Waals surface area contributed by atoms with Crippen LogP contribution in [0.2, 0.25) is 0 Å². The first-order valence-electron chi connectivity index (χ1n) is 10.6. The predicted molar refractivity (Wildman–Crippen MR) is 122 cm³/mol. The van der Waals surface area contributed by atoms with Crippen LogP contribution < -0.4 is 25.2 Å². The van der Waals surface area contributed by atoms with Gasteiger partial charge in [-0.25, -0.2) is 14.8 Å². The van der Waals surface area contributed by atoms with Gasteiger partial charge < -0.3 is 25.2 Å². The third-order valence-corrected chi connectivity index (χ3v) is 5.43. The maximum atomic E-state index is 13.3. The fraction of sp³-hybridized carbons (Fsp3) is 0.364. The van der Waals surface area contributed by atoms with E-state index in [-0.39, 0.29) is 30.1 Å². The number of anilines is 3. The molecule has 0 aliphatic carbocycles. The first-order valence-corrected chi connectivity index (χ1v) is 10.6. The van der Waals surface area contributed by atoms with Gasteiger partial charge in [0.05, 0.1) is 18.3 Å². The van der Waals surface area contributed by atoms with Gasteiger partial charge in [0.1, 0.15) is 30.0 Å². The lowest BCUT2D eigenvalue weighted by molar-refractivity contribution is 0.0536. The molecule has 0 aromatic carbocycles. The van der Waals surface area contributed by atoms with Crippen molar-refractivity contribution in [1.29, 1.82) is 0 Å². The molecule has 1 fully saturated rings. The van der Waals surface area contributed by atoms with Gasteiger partial charge in [0.25, 0.3) is 5.91 Å². The maximum absolute atomic E-state index is 13.3. The van der Waals surface area contributed by atoms with Gasteiger partial charge in [-0.2, -0.15) is 0 Å². The van der Waals surface area contributed by atoms with Crippen molar-refractivity contribution in [3.8, 4) is 5.75 Å². The summed E-state index contributed by atoms with van der Waals surface area (Å²) in [5, 5.41) is 23.8. The van der Waals surface area contributed by atoms with Crippen molar-refractivity contribution in [1.82, 2.24) is 15.3 Å². The number of hydrogen-bond donors (Lipinski definition) is 4. The van der Waals surface area contributed by atoms with E-state index in [0.717, 1.165) is 18.7 Å². The number of ether oxygens (including phenoxy) is 1. The maximum Gasteiger partial charge on any atom is 0.329 e. The number of carbonyl (C=O) groups is 2. The minimum Gasteiger partial charge on any atom is -0.491 e. The summed E-state index contributed by atoms with van der Waals surface area (Å²) < 4.78 is 5.42. The number of carbonyl (C=O) groups excluding carboxylic acids is 2. The number of rotatable bonds is 8. The van der Waals surface area contributed by atoms with Crippen LogP contribution in [0.15, 0.2) is 43.1 Å². The average molecular weight is 454 g/mol. The summed E-state index contributed by atoms with van der Waals surface area (Å²) in [5.41, 5.74) is 1.01. The van der Waals surface area contributed by atoms with Crippen LogP contribution in [0.3, 0.4) is 0 Å². The van der Waals surface area contributed by atoms with Gasteiger partial charge in [-0.15, -0.1) is 6.58 Å². The number of hydrogen-bond acceptors (Lipinski definition) is 8. The minimum absolute atomic E-state index is 0.0874. The van der Waals surface area contributed by atoms with Gasteiger partial charge >= 0.3 is 6.03 Å². The minimum atomic E-state index is -1.00. The van der Waals surface area contributed by atoms with Crippen molar-refractivity contribution in [3.05, 3.63) is 48.8 Å². The van der Waals surface area contributed by atoms with E-state index in [1.54, 1.807) is 23.1 Å². The highest BCUT2D eigenvalue weighted by Crippen LogP contribution is 2.39. The lowest BCUT2D eigenvalue weighted by atomic mass is 10.1. The second-order valence-corrected chi connectivity index (χ2v) is 7.75. The van der Waals surface area contributed by atoms with E-state index in [2.05, 4.69) is 32.1 Å². The van der Waals surface area contributed by atoms with Gasteiger partial charge in [-0.05, 0) is 24.6 Å². The lowest BCUT2D eigenvalue weighted by Crippen LogP contribution is -2.48. The highest BCUT2D eigenvalue weighted by Gasteiger charge is 2.40. The fourth-order valence-electron chi connectivity index (χ4n) is 3.84. The van der Waals surface area contributed by atoms with Crippen LogP contribution in [-0.2, 0) is 0 Å². The predicted octanol–water partition coefficient (Wildman–Crippen LogP) is 0.755. The smallest absolute Gasteiger partial charge is 0.329 e. The molecule has 2 bridgehead atoms. The summed E-state index contributed by atoms with van der Waals surface area (Å²) in [6.07, 6.45) is 2.82. The van der Waals surface area contributed by atoms with Gasteiger partial charge in [-0.1, -0.05) is 6.08 Å². The van der Waals surface area contributed by atoms with Crippen LogP contribution in [0.1, 0.15) is 16.9 Å². The van der Waals surface area contributed by atoms with Crippen molar-refractivity contribution in [2.24, 2.45) is 0 Å². The molecule has 174 valence electrons. The zero-order chi connectivity index (χ0) is 23.4.